The van der Waals surface area contributed by atoms with Crippen LogP contribution in [-0.4, -0.2) is 49.7 Å². The third kappa shape index (κ3) is 2.67. The van der Waals surface area contributed by atoms with E-state index in [0.717, 1.165) is 18.5 Å². The smallest absolute Gasteiger partial charge is 0.192 e. The van der Waals surface area contributed by atoms with Gasteiger partial charge in [0, 0.05) is 24.4 Å². The highest BCUT2D eigenvalue weighted by molar-refractivity contribution is 7.90. The summed E-state index contributed by atoms with van der Waals surface area (Å²) < 4.78 is 22.8. The molecular weight excluding hydrogens is 274 g/mol. The monoisotopic (exact) mass is 295 g/mol. The molecule has 1 aromatic heterocycles. The molecular formula is C14H21N3O2S. The normalized spacial score (nSPS) is 30.4. The fourth-order valence-corrected chi connectivity index (χ4v) is 4.01. The first kappa shape index (κ1) is 13.8. The highest BCUT2D eigenvalue weighted by Gasteiger charge is 2.38. The zero-order valence-corrected chi connectivity index (χ0v) is 12.7. The molecule has 0 aromatic carbocycles. The van der Waals surface area contributed by atoms with Crippen LogP contribution < -0.4 is 5.32 Å². The van der Waals surface area contributed by atoms with Gasteiger partial charge in [-0.1, -0.05) is 0 Å². The van der Waals surface area contributed by atoms with E-state index in [-0.39, 0.29) is 5.03 Å². The van der Waals surface area contributed by atoms with Crippen LogP contribution in [0.4, 0.5) is 5.69 Å². The number of nitrogens with one attached hydrogen (secondary N) is 1. The van der Waals surface area contributed by atoms with Crippen molar-refractivity contribution in [3.63, 3.8) is 0 Å². The number of rotatable bonds is 3. The number of aromatic nitrogens is 1. The van der Waals surface area contributed by atoms with E-state index in [9.17, 15) is 8.42 Å². The van der Waals surface area contributed by atoms with E-state index in [1.165, 1.54) is 19.1 Å². The number of nitrogens with zero attached hydrogens (tertiary/aromatic N) is 2. The van der Waals surface area contributed by atoms with E-state index in [1.807, 2.05) is 6.07 Å². The fraction of sp³-hybridized carbons (Fsp3) is 0.643. The third-order valence-corrected chi connectivity index (χ3v) is 5.59. The average Bonchev–Trinajstić information content (AvgIpc) is 2.62. The lowest BCUT2D eigenvalue weighted by Crippen LogP contribution is -2.44. The molecule has 0 saturated carbocycles. The Balaban J connectivity index is 1.67. The summed E-state index contributed by atoms with van der Waals surface area (Å²) in [6.07, 6.45) is 7.70. The zero-order chi connectivity index (χ0) is 14.3. The van der Waals surface area contributed by atoms with E-state index in [1.54, 1.807) is 12.3 Å². The fourth-order valence-electron chi connectivity index (χ4n) is 3.45. The molecule has 2 atom stereocenters. The largest absolute Gasteiger partial charge is 0.381 e. The molecule has 3 heterocycles. The third-order valence-electron chi connectivity index (χ3n) is 4.59. The van der Waals surface area contributed by atoms with Crippen LogP contribution in [0.3, 0.4) is 0 Å². The maximum atomic E-state index is 11.4. The Labute approximate surface area is 120 Å². The lowest BCUT2D eigenvalue weighted by Gasteiger charge is -2.37. The number of hydrogen-bond acceptors (Lipinski definition) is 5. The number of anilines is 1. The molecule has 0 spiro atoms. The van der Waals surface area contributed by atoms with Gasteiger partial charge >= 0.3 is 0 Å². The molecule has 2 aliphatic rings. The Kier molecular flexibility index (Phi) is 3.46. The maximum Gasteiger partial charge on any atom is 0.192 e. The average molecular weight is 295 g/mol. The van der Waals surface area contributed by atoms with Crippen molar-refractivity contribution in [2.75, 3.05) is 18.6 Å². The molecule has 3 rings (SSSR count). The van der Waals surface area contributed by atoms with E-state index in [2.05, 4.69) is 22.2 Å². The quantitative estimate of drug-likeness (QED) is 0.916. The van der Waals surface area contributed by atoms with Crippen molar-refractivity contribution in [3.05, 3.63) is 18.3 Å². The van der Waals surface area contributed by atoms with Crippen LogP contribution in [0, 0.1) is 0 Å². The van der Waals surface area contributed by atoms with Gasteiger partial charge in [-0.25, -0.2) is 13.4 Å². The van der Waals surface area contributed by atoms with Gasteiger partial charge in [-0.05, 0) is 44.9 Å². The van der Waals surface area contributed by atoms with Crippen molar-refractivity contribution in [1.29, 1.82) is 0 Å². The molecule has 1 N–H and O–H groups in total. The standard InChI is InChI=1S/C14H21N3O2S/c1-17-12-4-5-13(17)8-11(7-12)16-10-3-6-14(15-9-10)20(2,18)19/h3,6,9,11-13,16H,4-5,7-8H2,1-2H3. The minimum atomic E-state index is -3.21. The van der Waals surface area contributed by atoms with Crippen molar-refractivity contribution in [1.82, 2.24) is 9.88 Å². The Morgan fingerprint density at radius 3 is 2.40 bits per heavy atom. The van der Waals surface area contributed by atoms with Gasteiger partial charge in [0.25, 0.3) is 0 Å². The second-order valence-electron chi connectivity index (χ2n) is 6.02. The van der Waals surface area contributed by atoms with Gasteiger partial charge in [0.2, 0.25) is 0 Å². The summed E-state index contributed by atoms with van der Waals surface area (Å²) in [4.78, 5) is 6.53. The highest BCUT2D eigenvalue weighted by atomic mass is 32.2. The van der Waals surface area contributed by atoms with Crippen LogP contribution in [0.15, 0.2) is 23.4 Å². The Bertz CT molecular complexity index is 571. The summed E-state index contributed by atoms with van der Waals surface area (Å²) in [6, 6.07) is 5.23. The SMILES string of the molecule is CN1C2CCC1CC(Nc1ccc(S(C)(=O)=O)nc1)C2. The van der Waals surface area contributed by atoms with Crippen molar-refractivity contribution in [3.8, 4) is 0 Å². The van der Waals surface area contributed by atoms with Crippen molar-refractivity contribution in [2.45, 2.75) is 48.8 Å². The molecule has 0 amide bonds. The van der Waals surface area contributed by atoms with Gasteiger partial charge in [0.05, 0.1) is 11.9 Å². The number of fused-ring (bicyclic) bond motifs is 2. The van der Waals surface area contributed by atoms with Crippen LogP contribution in [0.25, 0.3) is 0 Å². The Morgan fingerprint density at radius 2 is 1.90 bits per heavy atom. The molecule has 0 radical (unpaired) electrons. The summed E-state index contributed by atoms with van der Waals surface area (Å²) in [5, 5.41) is 3.63. The number of hydrogen-bond donors (Lipinski definition) is 1. The number of piperidine rings is 1. The van der Waals surface area contributed by atoms with Crippen molar-refractivity contribution < 1.29 is 8.42 Å². The second kappa shape index (κ2) is 5.00. The minimum Gasteiger partial charge on any atom is -0.381 e. The Hall–Kier alpha value is -1.14. The molecule has 2 saturated heterocycles. The number of sulfone groups is 1. The summed E-state index contributed by atoms with van der Waals surface area (Å²) >= 11 is 0. The van der Waals surface area contributed by atoms with E-state index in [0.29, 0.717) is 18.1 Å². The van der Waals surface area contributed by atoms with E-state index in [4.69, 9.17) is 0 Å². The molecule has 2 fully saturated rings. The van der Waals surface area contributed by atoms with Gasteiger partial charge in [0.15, 0.2) is 14.9 Å². The number of pyridine rings is 1. The van der Waals surface area contributed by atoms with Crippen LogP contribution in [0.1, 0.15) is 25.7 Å². The highest BCUT2D eigenvalue weighted by Crippen LogP contribution is 2.35. The van der Waals surface area contributed by atoms with Gasteiger partial charge < -0.3 is 10.2 Å². The van der Waals surface area contributed by atoms with Gasteiger partial charge in [0.1, 0.15) is 0 Å². The van der Waals surface area contributed by atoms with Crippen molar-refractivity contribution >= 4 is 15.5 Å². The van der Waals surface area contributed by atoms with Gasteiger partial charge in [-0.3, -0.25) is 0 Å². The molecule has 20 heavy (non-hydrogen) atoms. The lowest BCUT2D eigenvalue weighted by atomic mass is 9.98. The predicted octanol–water partition coefficient (Wildman–Crippen LogP) is 1.52. The lowest BCUT2D eigenvalue weighted by molar-refractivity contribution is 0.169. The zero-order valence-electron chi connectivity index (χ0n) is 11.9. The topological polar surface area (TPSA) is 62.3 Å². The molecule has 2 bridgehead atoms. The maximum absolute atomic E-state index is 11.4. The van der Waals surface area contributed by atoms with E-state index >= 15 is 0 Å². The molecule has 0 aliphatic carbocycles. The Morgan fingerprint density at radius 1 is 1.25 bits per heavy atom. The molecule has 2 aliphatic heterocycles. The van der Waals surface area contributed by atoms with Crippen LogP contribution in [0.5, 0.6) is 0 Å². The second-order valence-corrected chi connectivity index (χ2v) is 7.98. The van der Waals surface area contributed by atoms with Crippen LogP contribution >= 0.6 is 0 Å². The minimum absolute atomic E-state index is 0.131. The summed E-state index contributed by atoms with van der Waals surface area (Å²) in [6.45, 7) is 0. The van der Waals surface area contributed by atoms with Gasteiger partial charge in [-0.2, -0.15) is 0 Å². The molecule has 5 nitrogen and oxygen atoms in total. The molecule has 110 valence electrons. The predicted molar refractivity (Wildman–Crippen MR) is 78.6 cm³/mol. The molecule has 1 aromatic rings. The molecule has 2 unspecified atom stereocenters. The summed E-state index contributed by atoms with van der Waals surface area (Å²) in [5.41, 5.74) is 0.909. The summed E-state index contributed by atoms with van der Waals surface area (Å²) in [7, 11) is -0.990. The van der Waals surface area contributed by atoms with Crippen LogP contribution in [-0.2, 0) is 9.84 Å². The first-order valence-corrected chi connectivity index (χ1v) is 8.97. The molecule has 6 heteroatoms. The van der Waals surface area contributed by atoms with E-state index < -0.39 is 9.84 Å². The first-order valence-electron chi connectivity index (χ1n) is 7.08. The first-order chi connectivity index (χ1) is 9.43. The van der Waals surface area contributed by atoms with Crippen molar-refractivity contribution in [2.24, 2.45) is 0 Å². The summed E-state index contributed by atoms with van der Waals surface area (Å²) in [5.74, 6) is 0. The van der Waals surface area contributed by atoms with Crippen LogP contribution in [0.2, 0.25) is 0 Å². The van der Waals surface area contributed by atoms with Gasteiger partial charge in [-0.15, -0.1) is 0 Å².